The normalized spacial score (nSPS) is 11.4. The standard InChI is InChI=1S/C24H14ClN3O4/c1-29-24-20(23-26-17-4-2-3-5-19(17)30-23)16-12-14(8-11-18(16)31-24)21-27-22(32-28-21)13-6-9-15(25)10-7-13/h2-12H,1H3. The van der Waals surface area contributed by atoms with Crippen molar-refractivity contribution in [3.8, 4) is 40.2 Å². The molecule has 0 fully saturated rings. The molecule has 0 saturated carbocycles. The van der Waals surface area contributed by atoms with Crippen molar-refractivity contribution in [1.82, 2.24) is 15.1 Å². The van der Waals surface area contributed by atoms with Gasteiger partial charge in [0.2, 0.25) is 11.7 Å². The van der Waals surface area contributed by atoms with E-state index in [4.69, 9.17) is 29.7 Å². The maximum atomic E-state index is 5.97. The van der Waals surface area contributed by atoms with Crippen molar-refractivity contribution in [2.75, 3.05) is 7.11 Å². The Kier molecular flexibility index (Phi) is 4.22. The van der Waals surface area contributed by atoms with Gasteiger partial charge in [0.1, 0.15) is 16.7 Å². The molecule has 0 unspecified atom stereocenters. The number of para-hydroxylation sites is 2. The number of fused-ring (bicyclic) bond motifs is 2. The first-order valence-electron chi connectivity index (χ1n) is 9.76. The molecule has 0 spiro atoms. The molecule has 0 atom stereocenters. The van der Waals surface area contributed by atoms with Gasteiger partial charge < -0.3 is 18.1 Å². The fraction of sp³-hybridized carbons (Fsp3) is 0.0417. The van der Waals surface area contributed by atoms with Gasteiger partial charge in [0.15, 0.2) is 5.58 Å². The fourth-order valence-corrected chi connectivity index (χ4v) is 3.72. The molecular formula is C24H14ClN3O4. The van der Waals surface area contributed by atoms with Crippen LogP contribution in [0.1, 0.15) is 0 Å². The molecule has 3 aromatic heterocycles. The first-order valence-corrected chi connectivity index (χ1v) is 10.1. The van der Waals surface area contributed by atoms with Crippen molar-refractivity contribution in [2.45, 2.75) is 0 Å². The van der Waals surface area contributed by atoms with E-state index >= 15 is 0 Å². The van der Waals surface area contributed by atoms with Crippen LogP contribution in [0, 0.1) is 0 Å². The minimum atomic E-state index is 0.318. The smallest absolute Gasteiger partial charge is 0.298 e. The van der Waals surface area contributed by atoms with E-state index in [9.17, 15) is 0 Å². The number of methoxy groups -OCH3 is 1. The van der Waals surface area contributed by atoms with E-state index in [1.54, 1.807) is 19.2 Å². The first-order chi connectivity index (χ1) is 15.7. The Hall–Kier alpha value is -4.10. The van der Waals surface area contributed by atoms with Gasteiger partial charge in [-0.15, -0.1) is 0 Å². The van der Waals surface area contributed by atoms with Crippen molar-refractivity contribution in [3.05, 3.63) is 71.8 Å². The zero-order valence-corrected chi connectivity index (χ0v) is 17.5. The molecule has 0 aliphatic rings. The Balaban J connectivity index is 1.47. The van der Waals surface area contributed by atoms with Crippen LogP contribution in [0.5, 0.6) is 5.95 Å². The highest BCUT2D eigenvalue weighted by atomic mass is 35.5. The number of hydrogen-bond acceptors (Lipinski definition) is 7. The molecule has 0 aliphatic heterocycles. The van der Waals surface area contributed by atoms with Crippen LogP contribution in [-0.4, -0.2) is 22.2 Å². The number of benzene rings is 3. The van der Waals surface area contributed by atoms with Crippen molar-refractivity contribution in [1.29, 1.82) is 0 Å². The first kappa shape index (κ1) is 18.7. The van der Waals surface area contributed by atoms with Crippen LogP contribution in [0.3, 0.4) is 0 Å². The van der Waals surface area contributed by atoms with Gasteiger partial charge in [-0.25, -0.2) is 4.98 Å². The van der Waals surface area contributed by atoms with E-state index in [0.717, 1.165) is 22.0 Å². The number of aromatic nitrogens is 3. The predicted octanol–water partition coefficient (Wildman–Crippen LogP) is 6.62. The second-order valence-corrected chi connectivity index (χ2v) is 7.53. The lowest BCUT2D eigenvalue weighted by Crippen LogP contribution is -1.85. The largest absolute Gasteiger partial charge is 0.468 e. The lowest BCUT2D eigenvalue weighted by atomic mass is 10.1. The van der Waals surface area contributed by atoms with Gasteiger partial charge in [0, 0.05) is 21.5 Å². The summed E-state index contributed by atoms with van der Waals surface area (Å²) in [5.74, 6) is 1.58. The van der Waals surface area contributed by atoms with E-state index in [0.29, 0.717) is 45.3 Å². The van der Waals surface area contributed by atoms with Crippen molar-refractivity contribution < 1.29 is 18.1 Å². The van der Waals surface area contributed by atoms with E-state index in [1.165, 1.54) is 0 Å². The van der Waals surface area contributed by atoms with Crippen LogP contribution >= 0.6 is 11.6 Å². The van der Waals surface area contributed by atoms with E-state index in [1.807, 2.05) is 54.6 Å². The number of furan rings is 1. The topological polar surface area (TPSA) is 87.3 Å². The summed E-state index contributed by atoms with van der Waals surface area (Å²) in [6.45, 7) is 0. The minimum absolute atomic E-state index is 0.318. The SMILES string of the molecule is COc1oc2ccc(-c3noc(-c4ccc(Cl)cc4)n3)cc2c1-c1nc2ccccc2o1. The van der Waals surface area contributed by atoms with Crippen molar-refractivity contribution in [3.63, 3.8) is 0 Å². The van der Waals surface area contributed by atoms with E-state index < -0.39 is 0 Å². The Morgan fingerprint density at radius 2 is 1.62 bits per heavy atom. The highest BCUT2D eigenvalue weighted by Gasteiger charge is 2.23. The molecule has 8 heteroatoms. The molecule has 156 valence electrons. The van der Waals surface area contributed by atoms with Gasteiger partial charge in [-0.1, -0.05) is 28.9 Å². The van der Waals surface area contributed by atoms with Gasteiger partial charge in [-0.3, -0.25) is 0 Å². The molecule has 0 amide bonds. The van der Waals surface area contributed by atoms with Gasteiger partial charge in [0.05, 0.1) is 7.11 Å². The predicted molar refractivity (Wildman–Crippen MR) is 120 cm³/mol. The third kappa shape index (κ3) is 3.02. The summed E-state index contributed by atoms with van der Waals surface area (Å²) in [5.41, 5.74) is 4.22. The molecule has 0 N–H and O–H groups in total. The molecule has 6 aromatic rings. The Labute approximate surface area is 186 Å². The molecule has 7 nitrogen and oxygen atoms in total. The lowest BCUT2D eigenvalue weighted by molar-refractivity contribution is 0.316. The summed E-state index contributed by atoms with van der Waals surface area (Å²) >= 11 is 5.96. The Morgan fingerprint density at radius 1 is 0.812 bits per heavy atom. The number of ether oxygens (including phenoxy) is 1. The molecular weight excluding hydrogens is 430 g/mol. The summed E-state index contributed by atoms with van der Waals surface area (Å²) < 4.78 is 22.8. The monoisotopic (exact) mass is 443 g/mol. The van der Waals surface area contributed by atoms with Crippen LogP contribution in [0.15, 0.2) is 80.1 Å². The number of oxazole rings is 1. The van der Waals surface area contributed by atoms with Crippen LogP contribution in [0.25, 0.3) is 56.4 Å². The van der Waals surface area contributed by atoms with E-state index in [-0.39, 0.29) is 0 Å². The van der Waals surface area contributed by atoms with Crippen LogP contribution in [0.2, 0.25) is 5.02 Å². The van der Waals surface area contributed by atoms with Crippen molar-refractivity contribution >= 4 is 33.7 Å². The Morgan fingerprint density at radius 3 is 2.44 bits per heavy atom. The average Bonchev–Trinajstić information content (AvgIpc) is 3.54. The van der Waals surface area contributed by atoms with Crippen LogP contribution < -0.4 is 4.74 Å². The molecule has 0 bridgehead atoms. The number of hydrogen-bond donors (Lipinski definition) is 0. The lowest BCUT2D eigenvalue weighted by Gasteiger charge is -1.97. The zero-order valence-electron chi connectivity index (χ0n) is 16.7. The van der Waals surface area contributed by atoms with Crippen LogP contribution in [-0.2, 0) is 0 Å². The molecule has 3 aromatic carbocycles. The average molecular weight is 444 g/mol. The maximum absolute atomic E-state index is 5.97. The van der Waals surface area contributed by atoms with Crippen LogP contribution in [0.4, 0.5) is 0 Å². The molecule has 3 heterocycles. The summed E-state index contributed by atoms with van der Waals surface area (Å²) in [5, 5.41) is 5.54. The minimum Gasteiger partial charge on any atom is -0.468 e. The third-order valence-corrected chi connectivity index (χ3v) is 5.38. The number of nitrogens with zero attached hydrogens (tertiary/aromatic N) is 3. The highest BCUT2D eigenvalue weighted by Crippen LogP contribution is 2.42. The quantitative estimate of drug-likeness (QED) is 0.302. The summed E-state index contributed by atoms with van der Waals surface area (Å²) in [6, 6.07) is 20.4. The Bertz CT molecular complexity index is 1550. The molecule has 0 radical (unpaired) electrons. The second kappa shape index (κ2) is 7.25. The van der Waals surface area contributed by atoms with Crippen molar-refractivity contribution in [2.24, 2.45) is 0 Å². The fourth-order valence-electron chi connectivity index (χ4n) is 3.59. The van der Waals surface area contributed by atoms with Gasteiger partial charge in [-0.05, 0) is 54.6 Å². The molecule has 32 heavy (non-hydrogen) atoms. The third-order valence-electron chi connectivity index (χ3n) is 5.12. The number of rotatable bonds is 4. The summed E-state index contributed by atoms with van der Waals surface area (Å²) in [6.07, 6.45) is 0. The zero-order chi connectivity index (χ0) is 21.7. The molecule has 6 rings (SSSR count). The number of halogens is 1. The van der Waals surface area contributed by atoms with Gasteiger partial charge in [0.25, 0.3) is 11.8 Å². The molecule has 0 aliphatic carbocycles. The second-order valence-electron chi connectivity index (χ2n) is 7.10. The summed E-state index contributed by atoms with van der Waals surface area (Å²) in [7, 11) is 1.54. The summed E-state index contributed by atoms with van der Waals surface area (Å²) in [4.78, 5) is 9.13. The highest BCUT2D eigenvalue weighted by molar-refractivity contribution is 6.30. The van der Waals surface area contributed by atoms with E-state index in [2.05, 4.69) is 15.1 Å². The molecule has 0 saturated heterocycles. The maximum Gasteiger partial charge on any atom is 0.298 e. The van der Waals surface area contributed by atoms with Gasteiger partial charge in [-0.2, -0.15) is 4.98 Å². The van der Waals surface area contributed by atoms with Gasteiger partial charge >= 0.3 is 0 Å².